The number of ether oxygens (including phenoxy) is 2. The standard InChI is InChI=1S/C23H25NO2/c1-2-20(26-21-13-7-4-8-14-21)17-24-22-15-9-10-16-23(22)25-18-19-11-5-3-6-12-19/h3-16,20,24H,2,17-18H2,1H3. The number of benzene rings is 3. The molecule has 3 nitrogen and oxygen atoms in total. The normalized spacial score (nSPS) is 11.6. The molecule has 0 heterocycles. The van der Waals surface area contributed by atoms with Crippen molar-refractivity contribution in [3.05, 3.63) is 90.5 Å². The van der Waals surface area contributed by atoms with Crippen LogP contribution < -0.4 is 14.8 Å². The Morgan fingerprint density at radius 1 is 0.808 bits per heavy atom. The third-order valence-electron chi connectivity index (χ3n) is 4.15. The van der Waals surface area contributed by atoms with Crippen LogP contribution in [0.25, 0.3) is 0 Å². The summed E-state index contributed by atoms with van der Waals surface area (Å²) < 4.78 is 12.1. The molecule has 3 aromatic carbocycles. The van der Waals surface area contributed by atoms with Crippen molar-refractivity contribution in [2.45, 2.75) is 26.1 Å². The molecule has 0 aliphatic carbocycles. The molecule has 0 amide bonds. The molecule has 0 spiro atoms. The Labute approximate surface area is 155 Å². The first-order valence-electron chi connectivity index (χ1n) is 9.06. The van der Waals surface area contributed by atoms with Gasteiger partial charge >= 0.3 is 0 Å². The van der Waals surface area contributed by atoms with Crippen LogP contribution in [0.4, 0.5) is 5.69 Å². The lowest BCUT2D eigenvalue weighted by atomic mass is 10.2. The topological polar surface area (TPSA) is 30.5 Å². The predicted octanol–water partition coefficient (Wildman–Crippen LogP) is 5.54. The zero-order chi connectivity index (χ0) is 18.0. The highest BCUT2D eigenvalue weighted by Gasteiger charge is 2.10. The van der Waals surface area contributed by atoms with Crippen molar-refractivity contribution in [3.8, 4) is 11.5 Å². The molecule has 3 rings (SSSR count). The third kappa shape index (κ3) is 5.28. The van der Waals surface area contributed by atoms with Crippen LogP contribution in [0.2, 0.25) is 0 Å². The quantitative estimate of drug-likeness (QED) is 0.551. The molecule has 0 saturated carbocycles. The van der Waals surface area contributed by atoms with Gasteiger partial charge in [-0.1, -0.05) is 67.6 Å². The molecule has 0 radical (unpaired) electrons. The minimum Gasteiger partial charge on any atom is -0.489 e. The van der Waals surface area contributed by atoms with Gasteiger partial charge in [-0.3, -0.25) is 0 Å². The molecular weight excluding hydrogens is 322 g/mol. The van der Waals surface area contributed by atoms with E-state index in [-0.39, 0.29) is 6.10 Å². The largest absolute Gasteiger partial charge is 0.489 e. The number of para-hydroxylation sites is 3. The van der Waals surface area contributed by atoms with Crippen molar-refractivity contribution in [1.82, 2.24) is 0 Å². The molecule has 1 N–H and O–H groups in total. The molecule has 0 saturated heterocycles. The fourth-order valence-electron chi connectivity index (χ4n) is 2.66. The smallest absolute Gasteiger partial charge is 0.142 e. The van der Waals surface area contributed by atoms with E-state index in [1.54, 1.807) is 0 Å². The summed E-state index contributed by atoms with van der Waals surface area (Å²) in [6, 6.07) is 28.2. The summed E-state index contributed by atoms with van der Waals surface area (Å²) in [5, 5.41) is 3.47. The van der Waals surface area contributed by atoms with Crippen molar-refractivity contribution < 1.29 is 9.47 Å². The summed E-state index contributed by atoms with van der Waals surface area (Å²) >= 11 is 0. The molecule has 1 unspecified atom stereocenters. The van der Waals surface area contributed by atoms with Crippen LogP contribution in [0.1, 0.15) is 18.9 Å². The molecule has 0 aliphatic heterocycles. The summed E-state index contributed by atoms with van der Waals surface area (Å²) in [4.78, 5) is 0. The zero-order valence-corrected chi connectivity index (χ0v) is 15.1. The average Bonchev–Trinajstić information content (AvgIpc) is 2.71. The molecule has 0 fully saturated rings. The van der Waals surface area contributed by atoms with Crippen LogP contribution in [0.15, 0.2) is 84.9 Å². The Morgan fingerprint density at radius 2 is 1.46 bits per heavy atom. The van der Waals surface area contributed by atoms with E-state index in [0.29, 0.717) is 6.61 Å². The van der Waals surface area contributed by atoms with Crippen LogP contribution in [-0.4, -0.2) is 12.6 Å². The minimum atomic E-state index is 0.0968. The van der Waals surface area contributed by atoms with Crippen molar-refractivity contribution >= 4 is 5.69 Å². The maximum atomic E-state index is 6.05. The maximum Gasteiger partial charge on any atom is 0.142 e. The summed E-state index contributed by atoms with van der Waals surface area (Å²) in [5.74, 6) is 1.75. The van der Waals surface area contributed by atoms with E-state index < -0.39 is 0 Å². The fraction of sp³-hybridized carbons (Fsp3) is 0.217. The molecule has 3 heteroatoms. The molecule has 134 valence electrons. The first kappa shape index (κ1) is 17.9. The molecule has 1 atom stereocenters. The van der Waals surface area contributed by atoms with Crippen molar-refractivity contribution in [1.29, 1.82) is 0 Å². The van der Waals surface area contributed by atoms with Crippen LogP contribution in [-0.2, 0) is 6.61 Å². The fourth-order valence-corrected chi connectivity index (χ4v) is 2.66. The van der Waals surface area contributed by atoms with E-state index in [2.05, 4.69) is 24.4 Å². The van der Waals surface area contributed by atoms with Gasteiger partial charge in [0.25, 0.3) is 0 Å². The van der Waals surface area contributed by atoms with Crippen LogP contribution in [0.5, 0.6) is 11.5 Å². The molecule has 3 aromatic rings. The Kier molecular flexibility index (Phi) is 6.54. The second kappa shape index (κ2) is 9.52. The third-order valence-corrected chi connectivity index (χ3v) is 4.15. The van der Waals surface area contributed by atoms with E-state index in [4.69, 9.17) is 9.47 Å². The van der Waals surface area contributed by atoms with E-state index >= 15 is 0 Å². The lowest BCUT2D eigenvalue weighted by molar-refractivity contribution is 0.210. The van der Waals surface area contributed by atoms with Gasteiger partial charge in [0, 0.05) is 0 Å². The zero-order valence-electron chi connectivity index (χ0n) is 15.1. The SMILES string of the molecule is CCC(CNc1ccccc1OCc1ccccc1)Oc1ccccc1. The number of nitrogens with one attached hydrogen (secondary N) is 1. The summed E-state index contributed by atoms with van der Waals surface area (Å²) in [7, 11) is 0. The van der Waals surface area contributed by atoms with Crippen LogP contribution >= 0.6 is 0 Å². The van der Waals surface area contributed by atoms with Crippen LogP contribution in [0.3, 0.4) is 0 Å². The molecule has 26 heavy (non-hydrogen) atoms. The summed E-state index contributed by atoms with van der Waals surface area (Å²) in [6.45, 7) is 3.40. The summed E-state index contributed by atoms with van der Waals surface area (Å²) in [6.07, 6.45) is 1.02. The van der Waals surface area contributed by atoms with E-state index in [0.717, 1.165) is 35.7 Å². The number of hydrogen-bond donors (Lipinski definition) is 1. The lowest BCUT2D eigenvalue weighted by Gasteiger charge is -2.20. The van der Waals surface area contributed by atoms with E-state index in [1.807, 2.05) is 72.8 Å². The first-order chi connectivity index (χ1) is 12.8. The Balaban J connectivity index is 1.58. The number of hydrogen-bond acceptors (Lipinski definition) is 3. The van der Waals surface area contributed by atoms with Gasteiger partial charge in [0.15, 0.2) is 0 Å². The maximum absolute atomic E-state index is 6.05. The molecule has 0 aromatic heterocycles. The minimum absolute atomic E-state index is 0.0968. The molecule has 0 bridgehead atoms. The molecular formula is C23H25NO2. The van der Waals surface area contributed by atoms with Crippen LogP contribution in [0, 0.1) is 0 Å². The van der Waals surface area contributed by atoms with Gasteiger partial charge in [-0.15, -0.1) is 0 Å². The van der Waals surface area contributed by atoms with Gasteiger partial charge in [0.2, 0.25) is 0 Å². The second-order valence-electron chi connectivity index (χ2n) is 6.11. The Hall–Kier alpha value is -2.94. The Bertz CT molecular complexity index is 774. The van der Waals surface area contributed by atoms with Crippen molar-refractivity contribution in [2.24, 2.45) is 0 Å². The lowest BCUT2D eigenvalue weighted by Crippen LogP contribution is -2.25. The van der Waals surface area contributed by atoms with Gasteiger partial charge in [-0.2, -0.15) is 0 Å². The Morgan fingerprint density at radius 3 is 2.19 bits per heavy atom. The number of rotatable bonds is 9. The summed E-state index contributed by atoms with van der Waals surface area (Å²) in [5.41, 5.74) is 2.14. The van der Waals surface area contributed by atoms with Crippen molar-refractivity contribution in [3.63, 3.8) is 0 Å². The van der Waals surface area contributed by atoms with Gasteiger partial charge in [-0.25, -0.2) is 0 Å². The molecule has 0 aliphatic rings. The van der Waals surface area contributed by atoms with E-state index in [1.165, 1.54) is 0 Å². The second-order valence-corrected chi connectivity index (χ2v) is 6.11. The highest BCUT2D eigenvalue weighted by Crippen LogP contribution is 2.25. The van der Waals surface area contributed by atoms with Crippen molar-refractivity contribution in [2.75, 3.05) is 11.9 Å². The monoisotopic (exact) mass is 347 g/mol. The first-order valence-corrected chi connectivity index (χ1v) is 9.06. The predicted molar refractivity (Wildman–Crippen MR) is 107 cm³/mol. The van der Waals surface area contributed by atoms with Gasteiger partial charge in [0.1, 0.15) is 24.2 Å². The van der Waals surface area contributed by atoms with Gasteiger partial charge in [0.05, 0.1) is 12.2 Å². The highest BCUT2D eigenvalue weighted by molar-refractivity contribution is 5.56. The number of anilines is 1. The average molecular weight is 347 g/mol. The highest BCUT2D eigenvalue weighted by atomic mass is 16.5. The van der Waals surface area contributed by atoms with Gasteiger partial charge in [-0.05, 0) is 36.2 Å². The van der Waals surface area contributed by atoms with Gasteiger partial charge < -0.3 is 14.8 Å². The van der Waals surface area contributed by atoms with E-state index in [9.17, 15) is 0 Å².